The third-order valence-corrected chi connectivity index (χ3v) is 4.72. The zero-order valence-electron chi connectivity index (χ0n) is 14.0. The number of halogens is 1. The summed E-state index contributed by atoms with van der Waals surface area (Å²) < 4.78 is 0. The maximum atomic E-state index is 12.4. The van der Waals surface area contributed by atoms with Crippen LogP contribution < -0.4 is 10.2 Å². The van der Waals surface area contributed by atoms with E-state index >= 15 is 0 Å². The van der Waals surface area contributed by atoms with E-state index in [4.69, 9.17) is 11.6 Å². The van der Waals surface area contributed by atoms with E-state index in [2.05, 4.69) is 38.6 Å². The van der Waals surface area contributed by atoms with E-state index in [1.165, 1.54) is 5.56 Å². The number of benzene rings is 2. The van der Waals surface area contributed by atoms with Crippen LogP contribution in [0.2, 0.25) is 5.02 Å². The Morgan fingerprint density at radius 2 is 1.81 bits per heavy atom. The second kappa shape index (κ2) is 7.14. The molecule has 5 nitrogen and oxygen atoms in total. The monoisotopic (exact) mass is 364 g/mol. The van der Waals surface area contributed by atoms with E-state index < -0.39 is 0 Å². The molecule has 1 aromatic heterocycles. The fraction of sp³-hybridized carbons (Fsp3) is 0.150. The van der Waals surface area contributed by atoms with Crippen LogP contribution in [0.4, 0.5) is 17.2 Å². The molecule has 0 aliphatic carbocycles. The summed E-state index contributed by atoms with van der Waals surface area (Å²) in [7, 11) is 0. The van der Waals surface area contributed by atoms with Gasteiger partial charge in [0.05, 0.1) is 10.7 Å². The summed E-state index contributed by atoms with van der Waals surface area (Å²) in [6.07, 6.45) is 2.13. The van der Waals surface area contributed by atoms with Crippen LogP contribution in [0.25, 0.3) is 0 Å². The molecule has 0 atom stereocenters. The number of rotatable bonds is 3. The van der Waals surface area contributed by atoms with Crippen LogP contribution in [0.5, 0.6) is 0 Å². The Labute approximate surface area is 156 Å². The maximum Gasteiger partial charge on any atom is 0.276 e. The molecule has 1 amide bonds. The molecule has 2 heterocycles. The van der Waals surface area contributed by atoms with Gasteiger partial charge in [-0.05, 0) is 48.7 Å². The number of aromatic nitrogens is 2. The number of para-hydroxylation sites is 2. The maximum absolute atomic E-state index is 12.4. The SMILES string of the molecule is O=C(Nc1ccccc1Cl)c1ccc(N2CCCc3ccccc32)nn1. The van der Waals surface area contributed by atoms with Crippen molar-refractivity contribution in [3.63, 3.8) is 0 Å². The average Bonchev–Trinajstić information content (AvgIpc) is 2.69. The van der Waals surface area contributed by atoms with E-state index in [1.807, 2.05) is 24.3 Å². The minimum Gasteiger partial charge on any atom is -0.325 e. The van der Waals surface area contributed by atoms with Gasteiger partial charge in [-0.3, -0.25) is 4.79 Å². The lowest BCUT2D eigenvalue weighted by atomic mass is 10.0. The first-order valence-electron chi connectivity index (χ1n) is 8.47. The summed E-state index contributed by atoms with van der Waals surface area (Å²) in [6.45, 7) is 0.886. The molecule has 4 rings (SSSR count). The second-order valence-electron chi connectivity index (χ2n) is 6.09. The number of nitrogens with zero attached hydrogens (tertiary/aromatic N) is 3. The van der Waals surface area contributed by atoms with Gasteiger partial charge in [-0.25, -0.2) is 0 Å². The number of aryl methyl sites for hydroxylation is 1. The highest BCUT2D eigenvalue weighted by molar-refractivity contribution is 6.33. The molecule has 130 valence electrons. The van der Waals surface area contributed by atoms with E-state index in [-0.39, 0.29) is 11.6 Å². The molecule has 1 aliphatic heterocycles. The molecule has 1 N–H and O–H groups in total. The van der Waals surface area contributed by atoms with E-state index in [1.54, 1.807) is 18.2 Å². The predicted molar refractivity (Wildman–Crippen MR) is 103 cm³/mol. The van der Waals surface area contributed by atoms with Crippen molar-refractivity contribution in [2.75, 3.05) is 16.8 Å². The number of hydrogen-bond donors (Lipinski definition) is 1. The summed E-state index contributed by atoms with van der Waals surface area (Å²) in [5, 5.41) is 11.6. The van der Waals surface area contributed by atoms with Gasteiger partial charge in [0.1, 0.15) is 0 Å². The lowest BCUT2D eigenvalue weighted by molar-refractivity contribution is 0.102. The van der Waals surface area contributed by atoms with Crippen LogP contribution in [-0.4, -0.2) is 22.6 Å². The molecule has 0 unspecified atom stereocenters. The van der Waals surface area contributed by atoms with Crippen LogP contribution in [-0.2, 0) is 6.42 Å². The molecule has 0 saturated carbocycles. The zero-order chi connectivity index (χ0) is 17.9. The van der Waals surface area contributed by atoms with Crippen LogP contribution in [0, 0.1) is 0 Å². The zero-order valence-corrected chi connectivity index (χ0v) is 14.8. The average molecular weight is 365 g/mol. The minimum atomic E-state index is -0.337. The van der Waals surface area contributed by atoms with Gasteiger partial charge in [0.25, 0.3) is 5.91 Å². The lowest BCUT2D eigenvalue weighted by Crippen LogP contribution is -2.26. The van der Waals surface area contributed by atoms with Gasteiger partial charge >= 0.3 is 0 Å². The summed E-state index contributed by atoms with van der Waals surface area (Å²) in [5.74, 6) is 0.405. The first kappa shape index (κ1) is 16.5. The molecule has 0 fully saturated rings. The third kappa shape index (κ3) is 3.26. The number of carbonyl (C=O) groups excluding carboxylic acids is 1. The van der Waals surface area contributed by atoms with Gasteiger partial charge < -0.3 is 10.2 Å². The smallest absolute Gasteiger partial charge is 0.276 e. The fourth-order valence-corrected chi connectivity index (χ4v) is 3.29. The van der Waals surface area contributed by atoms with Gasteiger partial charge in [0.2, 0.25) is 0 Å². The standard InChI is InChI=1S/C20H17ClN4O/c21-15-8-2-3-9-16(15)22-20(26)17-11-12-19(24-23-17)25-13-5-7-14-6-1-4-10-18(14)25/h1-4,6,8-12H,5,7,13H2,(H,22,26). The normalized spacial score (nSPS) is 13.2. The second-order valence-corrected chi connectivity index (χ2v) is 6.50. The summed E-state index contributed by atoms with van der Waals surface area (Å²) in [4.78, 5) is 14.5. The number of anilines is 3. The molecule has 6 heteroatoms. The number of amides is 1. The third-order valence-electron chi connectivity index (χ3n) is 4.39. The van der Waals surface area contributed by atoms with Crippen molar-refractivity contribution in [2.45, 2.75) is 12.8 Å². The van der Waals surface area contributed by atoms with Crippen molar-refractivity contribution in [3.05, 3.63) is 76.9 Å². The number of hydrogen-bond acceptors (Lipinski definition) is 4. The van der Waals surface area contributed by atoms with Crippen LogP contribution in [0.1, 0.15) is 22.5 Å². The molecule has 1 aliphatic rings. The predicted octanol–water partition coefficient (Wildman–Crippen LogP) is 4.47. The first-order chi connectivity index (χ1) is 12.7. The molecule has 26 heavy (non-hydrogen) atoms. The van der Waals surface area contributed by atoms with Gasteiger partial charge in [-0.15, -0.1) is 10.2 Å². The van der Waals surface area contributed by atoms with Gasteiger partial charge in [0.15, 0.2) is 11.5 Å². The Morgan fingerprint density at radius 3 is 2.62 bits per heavy atom. The first-order valence-corrected chi connectivity index (χ1v) is 8.85. The Balaban J connectivity index is 1.54. The van der Waals surface area contributed by atoms with Crippen molar-refractivity contribution in [1.82, 2.24) is 10.2 Å². The summed E-state index contributed by atoms with van der Waals surface area (Å²) in [5.41, 5.74) is 3.26. The van der Waals surface area contributed by atoms with Crippen LogP contribution in [0.3, 0.4) is 0 Å². The molecule has 0 saturated heterocycles. The number of carbonyl (C=O) groups is 1. The van der Waals surface area contributed by atoms with Crippen molar-refractivity contribution < 1.29 is 4.79 Å². The summed E-state index contributed by atoms with van der Waals surface area (Å²) in [6, 6.07) is 18.9. The molecular weight excluding hydrogens is 348 g/mol. The topological polar surface area (TPSA) is 58.1 Å². The van der Waals surface area contributed by atoms with Crippen molar-refractivity contribution in [1.29, 1.82) is 0 Å². The Bertz CT molecular complexity index is 943. The van der Waals surface area contributed by atoms with Crippen molar-refractivity contribution >= 4 is 34.7 Å². The number of fused-ring (bicyclic) bond motifs is 1. The quantitative estimate of drug-likeness (QED) is 0.745. The van der Waals surface area contributed by atoms with Crippen molar-refractivity contribution in [2.24, 2.45) is 0 Å². The highest BCUT2D eigenvalue weighted by atomic mass is 35.5. The highest BCUT2D eigenvalue weighted by Gasteiger charge is 2.19. The van der Waals surface area contributed by atoms with Gasteiger partial charge in [-0.1, -0.05) is 41.9 Å². The Morgan fingerprint density at radius 1 is 1.00 bits per heavy atom. The van der Waals surface area contributed by atoms with E-state index in [9.17, 15) is 4.79 Å². The highest BCUT2D eigenvalue weighted by Crippen LogP contribution is 2.31. The molecule has 2 aromatic carbocycles. The molecule has 0 radical (unpaired) electrons. The minimum absolute atomic E-state index is 0.249. The Kier molecular flexibility index (Phi) is 4.54. The molecular formula is C20H17ClN4O. The lowest BCUT2D eigenvalue weighted by Gasteiger charge is -2.29. The van der Waals surface area contributed by atoms with Crippen molar-refractivity contribution in [3.8, 4) is 0 Å². The summed E-state index contributed by atoms with van der Waals surface area (Å²) >= 11 is 6.07. The van der Waals surface area contributed by atoms with E-state index in [0.717, 1.165) is 30.9 Å². The van der Waals surface area contributed by atoms with E-state index in [0.29, 0.717) is 10.7 Å². The molecule has 3 aromatic rings. The van der Waals surface area contributed by atoms with Gasteiger partial charge in [-0.2, -0.15) is 0 Å². The van der Waals surface area contributed by atoms with Crippen LogP contribution >= 0.6 is 11.6 Å². The van der Waals surface area contributed by atoms with Gasteiger partial charge in [0, 0.05) is 12.2 Å². The van der Waals surface area contributed by atoms with Crippen LogP contribution in [0.15, 0.2) is 60.7 Å². The largest absolute Gasteiger partial charge is 0.325 e. The molecule has 0 spiro atoms. The number of nitrogens with one attached hydrogen (secondary N) is 1. The fourth-order valence-electron chi connectivity index (χ4n) is 3.11. The molecule has 0 bridgehead atoms. The Hall–Kier alpha value is -2.92.